The van der Waals surface area contributed by atoms with Crippen molar-refractivity contribution < 1.29 is 0 Å². The Kier molecular flexibility index (Phi) is 3.82. The molecule has 0 saturated heterocycles. The molecule has 18 heavy (non-hydrogen) atoms. The van der Waals surface area contributed by atoms with Crippen LogP contribution in [0, 0.1) is 11.7 Å². The van der Waals surface area contributed by atoms with E-state index in [-0.39, 0.29) is 0 Å². The fraction of sp³-hybridized carbons (Fsp3) is 0.538. The van der Waals surface area contributed by atoms with Gasteiger partial charge in [0.25, 0.3) is 0 Å². The van der Waals surface area contributed by atoms with Crippen molar-refractivity contribution >= 4 is 23.4 Å². The first kappa shape index (κ1) is 13.2. The molecule has 0 aromatic carbocycles. The summed E-state index contributed by atoms with van der Waals surface area (Å²) in [6, 6.07) is 2.44. The van der Waals surface area contributed by atoms with E-state index in [9.17, 15) is 0 Å². The molecule has 2 aromatic heterocycles. The van der Waals surface area contributed by atoms with Gasteiger partial charge in [-0.05, 0) is 64.8 Å². The Balaban J connectivity index is 2.38. The van der Waals surface area contributed by atoms with Gasteiger partial charge < -0.3 is 9.88 Å². The lowest BCUT2D eigenvalue weighted by Gasteiger charge is -2.16. The lowest BCUT2D eigenvalue weighted by molar-refractivity contribution is 0.359. The van der Waals surface area contributed by atoms with Crippen LogP contribution in [0.15, 0.2) is 12.3 Å². The Bertz CT molecular complexity index is 597. The van der Waals surface area contributed by atoms with Crippen LogP contribution in [-0.4, -0.2) is 40.1 Å². The van der Waals surface area contributed by atoms with E-state index in [1.165, 1.54) is 0 Å². The average Bonchev–Trinajstić information content (AvgIpc) is 2.61. The van der Waals surface area contributed by atoms with Gasteiger partial charge in [0.1, 0.15) is 0 Å². The number of nitrogens with zero attached hydrogens (tertiary/aromatic N) is 3. The van der Waals surface area contributed by atoms with E-state index >= 15 is 0 Å². The zero-order valence-electron chi connectivity index (χ0n) is 11.4. The number of nitrogens with one attached hydrogen (secondary N) is 1. The van der Waals surface area contributed by atoms with Gasteiger partial charge in [0, 0.05) is 12.2 Å². The van der Waals surface area contributed by atoms with Gasteiger partial charge in [-0.1, -0.05) is 0 Å². The first-order valence-corrected chi connectivity index (χ1v) is 6.61. The van der Waals surface area contributed by atoms with Crippen molar-refractivity contribution in [3.63, 3.8) is 0 Å². The van der Waals surface area contributed by atoms with Crippen molar-refractivity contribution in [1.29, 1.82) is 0 Å². The molecule has 2 rings (SSSR count). The van der Waals surface area contributed by atoms with Crippen LogP contribution in [-0.2, 0) is 0 Å². The van der Waals surface area contributed by atoms with Crippen LogP contribution < -0.4 is 0 Å². The number of imidazole rings is 1. The number of aromatic amines is 1. The third-order valence-corrected chi connectivity index (χ3v) is 3.43. The van der Waals surface area contributed by atoms with Gasteiger partial charge in [-0.25, -0.2) is 4.98 Å². The number of fused-ring (bicyclic) bond motifs is 1. The largest absolute Gasteiger partial charge is 0.329 e. The minimum absolute atomic E-state index is 0.351. The minimum atomic E-state index is 0.351. The van der Waals surface area contributed by atoms with Crippen molar-refractivity contribution in [2.75, 3.05) is 20.6 Å². The predicted octanol–water partition coefficient (Wildman–Crippen LogP) is 2.92. The summed E-state index contributed by atoms with van der Waals surface area (Å²) in [7, 11) is 4.17. The summed E-state index contributed by atoms with van der Waals surface area (Å²) < 4.78 is 2.88. The van der Waals surface area contributed by atoms with E-state index in [0.717, 1.165) is 34.5 Å². The van der Waals surface area contributed by atoms with Gasteiger partial charge in [-0.15, -0.1) is 0 Å². The van der Waals surface area contributed by atoms with Gasteiger partial charge in [0.15, 0.2) is 10.4 Å². The summed E-state index contributed by atoms with van der Waals surface area (Å²) in [6.07, 6.45) is 2.95. The quantitative estimate of drug-likeness (QED) is 0.863. The second kappa shape index (κ2) is 5.20. The van der Waals surface area contributed by atoms with Crippen LogP contribution >= 0.6 is 12.2 Å². The van der Waals surface area contributed by atoms with Crippen LogP contribution in [0.3, 0.4) is 0 Å². The van der Waals surface area contributed by atoms with Gasteiger partial charge in [0.05, 0.1) is 5.52 Å². The third-order valence-electron chi connectivity index (χ3n) is 3.13. The topological polar surface area (TPSA) is 36.9 Å². The van der Waals surface area contributed by atoms with Gasteiger partial charge >= 0.3 is 0 Å². The van der Waals surface area contributed by atoms with E-state index in [2.05, 4.69) is 46.5 Å². The van der Waals surface area contributed by atoms with Crippen LogP contribution in [0.1, 0.15) is 24.9 Å². The highest BCUT2D eigenvalue weighted by molar-refractivity contribution is 7.71. The van der Waals surface area contributed by atoms with E-state index in [4.69, 9.17) is 12.2 Å². The summed E-state index contributed by atoms with van der Waals surface area (Å²) in [5, 5.41) is 0. The number of aromatic nitrogens is 3. The molecular formula is C13H20N4S. The zero-order valence-corrected chi connectivity index (χ0v) is 12.2. The van der Waals surface area contributed by atoms with Gasteiger partial charge in [-0.3, -0.25) is 4.57 Å². The van der Waals surface area contributed by atoms with Crippen molar-refractivity contribution in [2.24, 2.45) is 0 Å². The number of aryl methyl sites for hydroxylation is 1. The zero-order chi connectivity index (χ0) is 13.3. The maximum atomic E-state index is 5.41. The lowest BCUT2D eigenvalue weighted by atomic mass is 10.2. The molecular weight excluding hydrogens is 244 g/mol. The molecule has 2 heterocycles. The van der Waals surface area contributed by atoms with E-state index in [1.807, 2.05) is 13.1 Å². The molecule has 1 N–H and O–H groups in total. The first-order chi connectivity index (χ1) is 8.49. The second-order valence-electron chi connectivity index (χ2n) is 5.12. The molecule has 0 radical (unpaired) electrons. The summed E-state index contributed by atoms with van der Waals surface area (Å²) >= 11 is 5.41. The summed E-state index contributed by atoms with van der Waals surface area (Å²) in [5.74, 6) is 0. The molecule has 1 atom stereocenters. The standard InChI is InChI=1S/C13H20N4S/c1-9-7-11-12(14-8-9)17(13(18)15-11)10(2)5-6-16(3)4/h7-8,10H,5-6H2,1-4H3,(H,15,18). The van der Waals surface area contributed by atoms with Crippen LogP contribution in [0.4, 0.5) is 0 Å². The van der Waals surface area contributed by atoms with Crippen molar-refractivity contribution in [3.05, 3.63) is 22.6 Å². The van der Waals surface area contributed by atoms with Crippen LogP contribution in [0.5, 0.6) is 0 Å². The smallest absolute Gasteiger partial charge is 0.179 e. The first-order valence-electron chi connectivity index (χ1n) is 6.20. The molecule has 0 spiro atoms. The number of hydrogen-bond donors (Lipinski definition) is 1. The fourth-order valence-corrected chi connectivity index (χ4v) is 2.48. The second-order valence-corrected chi connectivity index (χ2v) is 5.51. The lowest BCUT2D eigenvalue weighted by Crippen LogP contribution is -2.17. The molecule has 0 fully saturated rings. The van der Waals surface area contributed by atoms with E-state index in [0.29, 0.717) is 6.04 Å². The molecule has 5 heteroatoms. The fourth-order valence-electron chi connectivity index (χ4n) is 2.10. The van der Waals surface area contributed by atoms with Gasteiger partial charge in [0.2, 0.25) is 0 Å². The summed E-state index contributed by atoms with van der Waals surface area (Å²) in [6.45, 7) is 5.27. The molecule has 0 saturated carbocycles. The Morgan fingerprint density at radius 1 is 1.50 bits per heavy atom. The molecule has 2 aromatic rings. The highest BCUT2D eigenvalue weighted by Gasteiger charge is 2.12. The Hall–Kier alpha value is -1.20. The molecule has 0 aliphatic carbocycles. The molecule has 0 aliphatic rings. The number of pyridine rings is 1. The predicted molar refractivity (Wildman–Crippen MR) is 77.5 cm³/mol. The summed E-state index contributed by atoms with van der Waals surface area (Å²) in [4.78, 5) is 9.93. The average molecular weight is 264 g/mol. The molecule has 1 unspecified atom stereocenters. The minimum Gasteiger partial charge on any atom is -0.329 e. The highest BCUT2D eigenvalue weighted by atomic mass is 32.1. The third kappa shape index (κ3) is 2.62. The normalized spacial score (nSPS) is 13.4. The summed E-state index contributed by atoms with van der Waals surface area (Å²) in [5.41, 5.74) is 3.13. The van der Waals surface area contributed by atoms with Crippen molar-refractivity contribution in [2.45, 2.75) is 26.3 Å². The number of rotatable bonds is 4. The van der Waals surface area contributed by atoms with E-state index < -0.39 is 0 Å². The molecule has 4 nitrogen and oxygen atoms in total. The molecule has 0 bridgehead atoms. The Labute approximate surface area is 113 Å². The number of H-pyrrole nitrogens is 1. The van der Waals surface area contributed by atoms with Crippen LogP contribution in [0.25, 0.3) is 11.2 Å². The number of hydrogen-bond acceptors (Lipinski definition) is 3. The maximum absolute atomic E-state index is 5.41. The SMILES string of the molecule is Cc1cnc2c(c1)[nH]c(=S)n2C(C)CCN(C)C. The highest BCUT2D eigenvalue weighted by Crippen LogP contribution is 2.20. The Morgan fingerprint density at radius 2 is 2.22 bits per heavy atom. The monoisotopic (exact) mass is 264 g/mol. The molecule has 0 amide bonds. The van der Waals surface area contributed by atoms with Crippen molar-refractivity contribution in [1.82, 2.24) is 19.4 Å². The van der Waals surface area contributed by atoms with Gasteiger partial charge in [-0.2, -0.15) is 0 Å². The molecule has 0 aliphatic heterocycles. The Morgan fingerprint density at radius 3 is 2.89 bits per heavy atom. The van der Waals surface area contributed by atoms with Crippen LogP contribution in [0.2, 0.25) is 0 Å². The maximum Gasteiger partial charge on any atom is 0.179 e. The van der Waals surface area contributed by atoms with Crippen molar-refractivity contribution in [3.8, 4) is 0 Å². The molecule has 98 valence electrons. The van der Waals surface area contributed by atoms with E-state index in [1.54, 1.807) is 0 Å².